The van der Waals surface area contributed by atoms with Gasteiger partial charge in [0.05, 0.1) is 7.11 Å². The van der Waals surface area contributed by atoms with Gasteiger partial charge in [-0.25, -0.2) is 0 Å². The molecule has 0 aromatic rings. The van der Waals surface area contributed by atoms with Gasteiger partial charge >= 0.3 is 11.9 Å². The Morgan fingerprint density at radius 3 is 2.40 bits per heavy atom. The third kappa shape index (κ3) is 3.85. The molecule has 0 aliphatic carbocycles. The SMILES string of the molecule is COC(=O)CC(=O)OCO. The van der Waals surface area contributed by atoms with E-state index in [1.54, 1.807) is 0 Å². The number of carbonyl (C=O) groups is 2. The van der Waals surface area contributed by atoms with Gasteiger partial charge in [-0.3, -0.25) is 9.59 Å². The van der Waals surface area contributed by atoms with Crippen molar-refractivity contribution in [1.82, 2.24) is 0 Å². The van der Waals surface area contributed by atoms with Crippen molar-refractivity contribution in [2.75, 3.05) is 13.9 Å². The van der Waals surface area contributed by atoms with E-state index in [4.69, 9.17) is 5.11 Å². The van der Waals surface area contributed by atoms with Crippen LogP contribution in [-0.4, -0.2) is 30.9 Å². The van der Waals surface area contributed by atoms with Gasteiger partial charge in [-0.15, -0.1) is 0 Å². The van der Waals surface area contributed by atoms with Crippen molar-refractivity contribution in [3.05, 3.63) is 0 Å². The Morgan fingerprint density at radius 2 is 2.00 bits per heavy atom. The lowest BCUT2D eigenvalue weighted by molar-refractivity contribution is -0.158. The van der Waals surface area contributed by atoms with Crippen LogP contribution in [0.3, 0.4) is 0 Å². The number of aliphatic hydroxyl groups excluding tert-OH is 1. The molecule has 0 saturated carbocycles. The minimum absolute atomic E-state index is 0.461. The third-order valence-electron chi connectivity index (χ3n) is 0.742. The summed E-state index contributed by atoms with van der Waals surface area (Å²) in [6.45, 7) is -0.712. The van der Waals surface area contributed by atoms with Crippen LogP contribution < -0.4 is 0 Å². The molecule has 0 amide bonds. The first-order chi connectivity index (χ1) is 4.70. The smallest absolute Gasteiger partial charge is 0.319 e. The molecule has 0 radical (unpaired) electrons. The first-order valence-corrected chi connectivity index (χ1v) is 2.54. The summed E-state index contributed by atoms with van der Waals surface area (Å²) in [7, 11) is 1.16. The molecule has 0 unspecified atom stereocenters. The van der Waals surface area contributed by atoms with Crippen molar-refractivity contribution in [3.8, 4) is 0 Å². The van der Waals surface area contributed by atoms with Gasteiger partial charge in [0, 0.05) is 0 Å². The molecular formula is C5H8O5. The van der Waals surface area contributed by atoms with Gasteiger partial charge in [0.2, 0.25) is 0 Å². The molecule has 0 fully saturated rings. The second-order valence-corrected chi connectivity index (χ2v) is 1.40. The summed E-state index contributed by atoms with van der Waals surface area (Å²) in [5, 5.41) is 8.03. The molecule has 10 heavy (non-hydrogen) atoms. The Morgan fingerprint density at radius 1 is 1.40 bits per heavy atom. The van der Waals surface area contributed by atoms with Crippen LogP contribution in [0.1, 0.15) is 6.42 Å². The lowest BCUT2D eigenvalue weighted by Crippen LogP contribution is -2.12. The number of ether oxygens (including phenoxy) is 2. The Kier molecular flexibility index (Phi) is 4.23. The number of esters is 2. The zero-order chi connectivity index (χ0) is 7.98. The number of hydrogen-bond donors (Lipinski definition) is 1. The monoisotopic (exact) mass is 148 g/mol. The van der Waals surface area contributed by atoms with Gasteiger partial charge < -0.3 is 14.6 Å². The van der Waals surface area contributed by atoms with E-state index in [0.29, 0.717) is 0 Å². The van der Waals surface area contributed by atoms with E-state index in [2.05, 4.69) is 9.47 Å². The van der Waals surface area contributed by atoms with Crippen molar-refractivity contribution in [3.63, 3.8) is 0 Å². The van der Waals surface area contributed by atoms with Gasteiger partial charge in [-0.1, -0.05) is 0 Å². The molecule has 0 spiro atoms. The molecule has 0 heterocycles. The average Bonchev–Trinajstić information content (AvgIpc) is 1.88. The number of carbonyl (C=O) groups excluding carboxylic acids is 2. The molecule has 5 heteroatoms. The van der Waals surface area contributed by atoms with Crippen molar-refractivity contribution in [2.45, 2.75) is 6.42 Å². The Labute approximate surface area is 57.5 Å². The standard InChI is InChI=1S/C5H8O5/c1-9-4(7)2-5(8)10-3-6/h6H,2-3H2,1H3. The van der Waals surface area contributed by atoms with Crippen molar-refractivity contribution in [1.29, 1.82) is 0 Å². The highest BCUT2D eigenvalue weighted by Crippen LogP contribution is 1.87. The number of rotatable bonds is 3. The van der Waals surface area contributed by atoms with E-state index in [0.717, 1.165) is 7.11 Å². The van der Waals surface area contributed by atoms with Gasteiger partial charge in [0.15, 0.2) is 6.79 Å². The molecule has 58 valence electrons. The van der Waals surface area contributed by atoms with Crippen molar-refractivity contribution >= 4 is 11.9 Å². The number of hydrogen-bond acceptors (Lipinski definition) is 5. The van der Waals surface area contributed by atoms with E-state index < -0.39 is 25.2 Å². The van der Waals surface area contributed by atoms with E-state index in [1.165, 1.54) is 0 Å². The lowest BCUT2D eigenvalue weighted by atomic mass is 10.4. The summed E-state index contributed by atoms with van der Waals surface area (Å²) < 4.78 is 8.18. The fourth-order valence-electron chi connectivity index (χ4n) is 0.313. The molecule has 0 atom stereocenters. The Balaban J connectivity index is 3.47. The maximum atomic E-state index is 10.3. The molecule has 0 aromatic carbocycles. The van der Waals surface area contributed by atoms with Gasteiger partial charge in [-0.05, 0) is 0 Å². The molecule has 0 aliphatic rings. The maximum absolute atomic E-state index is 10.3. The normalized spacial score (nSPS) is 8.60. The summed E-state index contributed by atoms with van der Waals surface area (Å²) >= 11 is 0. The second kappa shape index (κ2) is 4.75. The number of aliphatic hydroxyl groups is 1. The van der Waals surface area contributed by atoms with Crippen molar-refractivity contribution in [2.24, 2.45) is 0 Å². The topological polar surface area (TPSA) is 72.8 Å². The quantitative estimate of drug-likeness (QED) is 0.317. The van der Waals surface area contributed by atoms with Crippen molar-refractivity contribution < 1.29 is 24.2 Å². The third-order valence-corrected chi connectivity index (χ3v) is 0.742. The van der Waals surface area contributed by atoms with Crippen LogP contribution >= 0.6 is 0 Å². The first kappa shape index (κ1) is 8.90. The predicted octanol–water partition coefficient (Wildman–Crippen LogP) is -0.958. The van der Waals surface area contributed by atoms with Gasteiger partial charge in [0.1, 0.15) is 6.42 Å². The van der Waals surface area contributed by atoms with E-state index >= 15 is 0 Å². The van der Waals surface area contributed by atoms with Crippen LogP contribution in [0.5, 0.6) is 0 Å². The van der Waals surface area contributed by atoms with E-state index in [9.17, 15) is 9.59 Å². The highest BCUT2D eigenvalue weighted by Gasteiger charge is 2.08. The summed E-state index contributed by atoms with van der Waals surface area (Å²) in [6, 6.07) is 0. The summed E-state index contributed by atoms with van der Waals surface area (Å²) in [4.78, 5) is 20.6. The first-order valence-electron chi connectivity index (χ1n) is 2.54. The predicted molar refractivity (Wildman–Crippen MR) is 29.8 cm³/mol. The molecule has 0 aliphatic heterocycles. The zero-order valence-corrected chi connectivity index (χ0v) is 5.49. The van der Waals surface area contributed by atoms with Crippen LogP contribution in [0.4, 0.5) is 0 Å². The highest BCUT2D eigenvalue weighted by molar-refractivity contribution is 5.90. The fraction of sp³-hybridized carbons (Fsp3) is 0.600. The van der Waals surface area contributed by atoms with E-state index in [-0.39, 0.29) is 0 Å². The molecule has 0 rings (SSSR count). The van der Waals surface area contributed by atoms with Crippen LogP contribution in [-0.2, 0) is 19.1 Å². The van der Waals surface area contributed by atoms with Crippen LogP contribution in [0.25, 0.3) is 0 Å². The Bertz CT molecular complexity index is 130. The summed E-state index contributed by atoms with van der Waals surface area (Å²) in [5.74, 6) is -1.48. The fourth-order valence-corrected chi connectivity index (χ4v) is 0.313. The number of methoxy groups -OCH3 is 1. The van der Waals surface area contributed by atoms with Crippen LogP contribution in [0.2, 0.25) is 0 Å². The summed E-state index contributed by atoms with van der Waals surface area (Å²) in [5.41, 5.74) is 0. The highest BCUT2D eigenvalue weighted by atomic mass is 16.6. The maximum Gasteiger partial charge on any atom is 0.319 e. The lowest BCUT2D eigenvalue weighted by Gasteiger charge is -1.97. The minimum Gasteiger partial charge on any atom is -0.469 e. The van der Waals surface area contributed by atoms with E-state index in [1.807, 2.05) is 0 Å². The Hall–Kier alpha value is -1.10. The van der Waals surface area contributed by atoms with Crippen LogP contribution in [0.15, 0.2) is 0 Å². The largest absolute Gasteiger partial charge is 0.469 e. The van der Waals surface area contributed by atoms with Gasteiger partial charge in [-0.2, -0.15) is 0 Å². The molecule has 0 saturated heterocycles. The molecular weight excluding hydrogens is 140 g/mol. The van der Waals surface area contributed by atoms with Gasteiger partial charge in [0.25, 0.3) is 0 Å². The second-order valence-electron chi connectivity index (χ2n) is 1.40. The minimum atomic E-state index is -0.797. The molecule has 1 N–H and O–H groups in total. The molecule has 0 aromatic heterocycles. The molecule has 0 bridgehead atoms. The average molecular weight is 148 g/mol. The summed E-state index contributed by atoms with van der Waals surface area (Å²) in [6.07, 6.45) is -0.461. The molecule has 5 nitrogen and oxygen atoms in total. The van der Waals surface area contributed by atoms with Crippen LogP contribution in [0, 0.1) is 0 Å². The zero-order valence-electron chi connectivity index (χ0n) is 5.49.